The topological polar surface area (TPSA) is 67.2 Å². The first-order valence-corrected chi connectivity index (χ1v) is 7.75. The quantitative estimate of drug-likeness (QED) is 0.824. The lowest BCUT2D eigenvalue weighted by molar-refractivity contribution is -0.118. The maximum absolute atomic E-state index is 12.6. The van der Waals surface area contributed by atoms with Gasteiger partial charge in [-0.2, -0.15) is 0 Å². The lowest BCUT2D eigenvalue weighted by atomic mass is 10.1. The molecule has 1 fully saturated rings. The van der Waals surface area contributed by atoms with Crippen LogP contribution in [0.4, 0.5) is 5.82 Å². The van der Waals surface area contributed by atoms with E-state index in [0.29, 0.717) is 11.6 Å². The predicted octanol–water partition coefficient (Wildman–Crippen LogP) is 3.05. The minimum absolute atomic E-state index is 0.115. The van der Waals surface area contributed by atoms with Crippen LogP contribution >= 0.6 is 0 Å². The third kappa shape index (κ3) is 3.95. The van der Waals surface area contributed by atoms with Gasteiger partial charge in [-0.1, -0.05) is 48.3 Å². The smallest absolute Gasteiger partial charge is 0.247 e. The molecule has 1 atom stereocenters. The van der Waals surface area contributed by atoms with E-state index in [-0.39, 0.29) is 11.9 Å². The number of hydrogen-bond acceptors (Lipinski definition) is 4. The minimum Gasteiger partial charge on any atom is -0.360 e. The van der Waals surface area contributed by atoms with Gasteiger partial charge in [0.15, 0.2) is 5.82 Å². The summed E-state index contributed by atoms with van der Waals surface area (Å²) >= 11 is 0. The number of rotatable bonds is 7. The number of aromatic nitrogens is 1. The molecule has 116 valence electrons. The molecule has 0 bridgehead atoms. The third-order valence-corrected chi connectivity index (χ3v) is 3.87. The fourth-order valence-electron chi connectivity index (χ4n) is 2.47. The van der Waals surface area contributed by atoms with E-state index in [2.05, 4.69) is 15.8 Å². The number of carbonyl (C=O) groups excluding carboxylic acids is 1. The molecule has 0 radical (unpaired) electrons. The Morgan fingerprint density at radius 1 is 1.36 bits per heavy atom. The van der Waals surface area contributed by atoms with Crippen LogP contribution in [-0.2, 0) is 4.79 Å². The highest BCUT2D eigenvalue weighted by Crippen LogP contribution is 2.32. The van der Waals surface area contributed by atoms with Crippen molar-refractivity contribution in [1.29, 1.82) is 0 Å². The Morgan fingerprint density at radius 2 is 2.14 bits per heavy atom. The van der Waals surface area contributed by atoms with E-state index in [1.54, 1.807) is 13.0 Å². The van der Waals surface area contributed by atoms with Crippen molar-refractivity contribution in [3.63, 3.8) is 0 Å². The molecule has 22 heavy (non-hydrogen) atoms. The van der Waals surface area contributed by atoms with Gasteiger partial charge in [-0.25, -0.2) is 0 Å². The fourth-order valence-corrected chi connectivity index (χ4v) is 2.47. The Morgan fingerprint density at radius 3 is 2.77 bits per heavy atom. The summed E-state index contributed by atoms with van der Waals surface area (Å²) in [4.78, 5) is 12.6. The van der Waals surface area contributed by atoms with E-state index < -0.39 is 0 Å². The minimum atomic E-state index is -0.378. The second kappa shape index (κ2) is 6.75. The molecule has 1 aliphatic rings. The van der Waals surface area contributed by atoms with Gasteiger partial charge >= 0.3 is 0 Å². The molecule has 5 nitrogen and oxygen atoms in total. The van der Waals surface area contributed by atoms with Crippen molar-refractivity contribution in [3.8, 4) is 0 Å². The largest absolute Gasteiger partial charge is 0.360 e. The van der Waals surface area contributed by atoms with E-state index in [1.807, 2.05) is 30.3 Å². The van der Waals surface area contributed by atoms with Gasteiger partial charge in [0.05, 0.1) is 0 Å². The van der Waals surface area contributed by atoms with Gasteiger partial charge in [0.2, 0.25) is 5.91 Å². The van der Waals surface area contributed by atoms with Crippen LogP contribution in [0, 0.1) is 12.8 Å². The first-order valence-electron chi connectivity index (χ1n) is 7.75. The van der Waals surface area contributed by atoms with Gasteiger partial charge < -0.3 is 15.2 Å². The van der Waals surface area contributed by atoms with Gasteiger partial charge in [0, 0.05) is 6.07 Å². The first kappa shape index (κ1) is 14.8. The van der Waals surface area contributed by atoms with Crippen LogP contribution in [0.5, 0.6) is 0 Å². The molecule has 2 aromatic rings. The third-order valence-electron chi connectivity index (χ3n) is 3.87. The van der Waals surface area contributed by atoms with E-state index in [1.165, 1.54) is 12.8 Å². The van der Waals surface area contributed by atoms with E-state index >= 15 is 0 Å². The first-order chi connectivity index (χ1) is 10.7. The Kier molecular flexibility index (Phi) is 4.53. The summed E-state index contributed by atoms with van der Waals surface area (Å²) in [5.74, 6) is 1.85. The molecule has 1 aromatic carbocycles. The second-order valence-corrected chi connectivity index (χ2v) is 5.84. The number of amides is 1. The number of hydrogen-bond donors (Lipinski definition) is 2. The summed E-state index contributed by atoms with van der Waals surface area (Å²) in [6.45, 7) is 2.64. The number of nitrogens with zero attached hydrogens (tertiary/aromatic N) is 1. The molecule has 1 heterocycles. The van der Waals surface area contributed by atoms with Crippen molar-refractivity contribution in [2.24, 2.45) is 5.92 Å². The molecule has 1 saturated carbocycles. The van der Waals surface area contributed by atoms with Crippen molar-refractivity contribution in [3.05, 3.63) is 47.7 Å². The van der Waals surface area contributed by atoms with Gasteiger partial charge in [-0.3, -0.25) is 4.79 Å². The number of nitrogens with one attached hydrogen (secondary N) is 2. The number of anilines is 1. The Bertz CT molecular complexity index is 620. The van der Waals surface area contributed by atoms with Gasteiger partial charge in [0.25, 0.3) is 0 Å². The van der Waals surface area contributed by atoms with E-state index in [9.17, 15) is 4.79 Å². The average Bonchev–Trinajstić information content (AvgIpc) is 3.26. The summed E-state index contributed by atoms with van der Waals surface area (Å²) in [6, 6.07) is 11.1. The van der Waals surface area contributed by atoms with Crippen LogP contribution in [0.2, 0.25) is 0 Å². The summed E-state index contributed by atoms with van der Waals surface area (Å²) in [5.41, 5.74) is 0.955. The summed E-state index contributed by atoms with van der Waals surface area (Å²) < 4.78 is 4.99. The number of aryl methyl sites for hydroxylation is 1. The molecular weight excluding hydrogens is 278 g/mol. The van der Waals surface area contributed by atoms with Crippen LogP contribution in [0.25, 0.3) is 0 Å². The molecule has 1 amide bonds. The number of carbonyl (C=O) groups is 1. The Labute approximate surface area is 130 Å². The van der Waals surface area contributed by atoms with Gasteiger partial charge in [0.1, 0.15) is 11.8 Å². The zero-order valence-electron chi connectivity index (χ0n) is 12.7. The Hall–Kier alpha value is -2.14. The van der Waals surface area contributed by atoms with E-state index in [0.717, 1.165) is 24.4 Å². The zero-order chi connectivity index (χ0) is 15.4. The van der Waals surface area contributed by atoms with Crippen molar-refractivity contribution in [2.45, 2.75) is 32.2 Å². The standard InChI is InChI=1S/C17H21N3O2/c1-12-11-15(20-22-12)19-17(21)16(14-5-3-2-4-6-14)18-10-9-13-7-8-13/h2-6,11,13,16,18H,7-10H2,1H3,(H,19,20,21). The highest BCUT2D eigenvalue weighted by Gasteiger charge is 2.24. The fraction of sp³-hybridized carbons (Fsp3) is 0.412. The molecule has 0 aliphatic heterocycles. The predicted molar refractivity (Wildman–Crippen MR) is 84.4 cm³/mol. The van der Waals surface area contributed by atoms with Crippen molar-refractivity contribution in [2.75, 3.05) is 11.9 Å². The molecule has 3 rings (SSSR count). The lowest BCUT2D eigenvalue weighted by Gasteiger charge is -2.18. The van der Waals surface area contributed by atoms with Crippen molar-refractivity contribution in [1.82, 2.24) is 10.5 Å². The zero-order valence-corrected chi connectivity index (χ0v) is 12.7. The summed E-state index contributed by atoms with van der Waals surface area (Å²) in [7, 11) is 0. The lowest BCUT2D eigenvalue weighted by Crippen LogP contribution is -2.33. The second-order valence-electron chi connectivity index (χ2n) is 5.84. The highest BCUT2D eigenvalue weighted by atomic mass is 16.5. The summed E-state index contributed by atoms with van der Waals surface area (Å²) in [5, 5.41) is 9.99. The molecule has 0 saturated heterocycles. The molecular formula is C17H21N3O2. The monoisotopic (exact) mass is 299 g/mol. The van der Waals surface area contributed by atoms with Crippen LogP contribution in [0.3, 0.4) is 0 Å². The SMILES string of the molecule is Cc1cc(NC(=O)C(NCCC2CC2)c2ccccc2)no1. The molecule has 1 unspecified atom stereocenters. The number of benzene rings is 1. The van der Waals surface area contributed by atoms with Gasteiger partial charge in [-0.15, -0.1) is 0 Å². The maximum Gasteiger partial charge on any atom is 0.247 e. The molecule has 1 aromatic heterocycles. The van der Waals surface area contributed by atoms with Gasteiger partial charge in [-0.05, 0) is 31.4 Å². The van der Waals surface area contributed by atoms with Crippen molar-refractivity contribution < 1.29 is 9.32 Å². The van der Waals surface area contributed by atoms with Crippen LogP contribution in [0.1, 0.15) is 36.6 Å². The summed E-state index contributed by atoms with van der Waals surface area (Å²) in [6.07, 6.45) is 3.77. The normalized spacial score (nSPS) is 15.5. The Balaban J connectivity index is 1.67. The van der Waals surface area contributed by atoms with Crippen LogP contribution < -0.4 is 10.6 Å². The molecule has 5 heteroatoms. The molecule has 2 N–H and O–H groups in total. The molecule has 1 aliphatic carbocycles. The maximum atomic E-state index is 12.6. The van der Waals surface area contributed by atoms with E-state index in [4.69, 9.17) is 4.52 Å². The van der Waals surface area contributed by atoms with Crippen LogP contribution in [-0.4, -0.2) is 17.6 Å². The highest BCUT2D eigenvalue weighted by molar-refractivity contribution is 5.94. The average molecular weight is 299 g/mol. The van der Waals surface area contributed by atoms with Crippen molar-refractivity contribution >= 4 is 11.7 Å². The molecule has 0 spiro atoms. The van der Waals surface area contributed by atoms with Crippen LogP contribution in [0.15, 0.2) is 40.9 Å².